The third-order valence-corrected chi connectivity index (χ3v) is 8.90. The second kappa shape index (κ2) is 9.50. The number of aromatic nitrogens is 1. The molecule has 3 N–H and O–H groups in total. The van der Waals surface area contributed by atoms with Gasteiger partial charge in [0.2, 0.25) is 5.91 Å². The predicted octanol–water partition coefficient (Wildman–Crippen LogP) is 3.70. The van der Waals surface area contributed by atoms with Gasteiger partial charge in [0.1, 0.15) is 0 Å². The third kappa shape index (κ3) is 4.57. The van der Waals surface area contributed by atoms with Crippen LogP contribution in [0.1, 0.15) is 82.5 Å². The summed E-state index contributed by atoms with van der Waals surface area (Å²) >= 11 is 0. The van der Waals surface area contributed by atoms with E-state index >= 15 is 0 Å². The maximum atomic E-state index is 12.9. The number of pyridine rings is 1. The molecule has 1 aromatic heterocycles. The van der Waals surface area contributed by atoms with Gasteiger partial charge >= 0.3 is 0 Å². The number of hydrogen-bond acceptors (Lipinski definition) is 4. The molecule has 6 heteroatoms. The normalized spacial score (nSPS) is 36.2. The van der Waals surface area contributed by atoms with E-state index in [9.17, 15) is 14.7 Å². The lowest BCUT2D eigenvalue weighted by molar-refractivity contribution is -0.142. The molecule has 3 aliphatic rings. The van der Waals surface area contributed by atoms with Crippen LogP contribution in [0, 0.1) is 29.1 Å². The molecular formula is C26H39N3O3. The summed E-state index contributed by atoms with van der Waals surface area (Å²) in [5.74, 6) is -0.0165. The van der Waals surface area contributed by atoms with E-state index in [1.165, 1.54) is 12.8 Å². The first-order chi connectivity index (χ1) is 15.3. The molecule has 0 aliphatic heterocycles. The molecule has 0 bridgehead atoms. The molecule has 7 atom stereocenters. The molecule has 2 amide bonds. The van der Waals surface area contributed by atoms with Crippen LogP contribution >= 0.6 is 0 Å². The van der Waals surface area contributed by atoms with Crippen molar-refractivity contribution in [3.8, 4) is 0 Å². The highest BCUT2D eigenvalue weighted by Crippen LogP contribution is 2.55. The second-order valence-corrected chi connectivity index (χ2v) is 10.9. The van der Waals surface area contributed by atoms with Gasteiger partial charge < -0.3 is 15.7 Å². The van der Waals surface area contributed by atoms with Crippen molar-refractivity contribution < 1.29 is 14.7 Å². The molecule has 176 valence electrons. The van der Waals surface area contributed by atoms with Crippen molar-refractivity contribution in [3.05, 3.63) is 30.1 Å². The minimum absolute atomic E-state index is 0.0183. The number of aliphatic hydroxyl groups excluding tert-OH is 1. The van der Waals surface area contributed by atoms with Gasteiger partial charge in [-0.25, -0.2) is 0 Å². The number of aliphatic hydroxyl groups is 1. The summed E-state index contributed by atoms with van der Waals surface area (Å²) in [5.41, 5.74) is 0.661. The van der Waals surface area contributed by atoms with Crippen molar-refractivity contribution in [3.63, 3.8) is 0 Å². The number of carbonyl (C=O) groups is 2. The first-order valence-corrected chi connectivity index (χ1v) is 12.5. The summed E-state index contributed by atoms with van der Waals surface area (Å²) in [6.07, 6.45) is 11.1. The Morgan fingerprint density at radius 3 is 2.44 bits per heavy atom. The lowest BCUT2D eigenvalue weighted by Gasteiger charge is -2.56. The van der Waals surface area contributed by atoms with Crippen molar-refractivity contribution in [1.29, 1.82) is 0 Å². The lowest BCUT2D eigenvalue weighted by Crippen LogP contribution is -2.58. The predicted molar refractivity (Wildman–Crippen MR) is 124 cm³/mol. The van der Waals surface area contributed by atoms with Crippen molar-refractivity contribution in [2.75, 3.05) is 0 Å². The number of amides is 2. The van der Waals surface area contributed by atoms with Crippen LogP contribution in [0.25, 0.3) is 0 Å². The Morgan fingerprint density at radius 2 is 1.75 bits per heavy atom. The SMILES string of the molecule is C[C@H]1[C@@H]2[C@@H](O)[C@@H]([C@H](C)C(=O)NC3CCCC3)CC[C@@]2(C)CC[C@@H]1NC(=O)c1ccncc1. The number of carbonyl (C=O) groups excluding carboxylic acids is 2. The smallest absolute Gasteiger partial charge is 0.251 e. The van der Waals surface area contributed by atoms with Gasteiger partial charge in [0.25, 0.3) is 5.91 Å². The molecule has 0 spiro atoms. The average molecular weight is 442 g/mol. The van der Waals surface area contributed by atoms with Crippen molar-refractivity contribution in [1.82, 2.24) is 15.6 Å². The molecule has 6 nitrogen and oxygen atoms in total. The van der Waals surface area contributed by atoms with Crippen LogP contribution in [0.3, 0.4) is 0 Å². The van der Waals surface area contributed by atoms with Gasteiger partial charge in [0.15, 0.2) is 0 Å². The summed E-state index contributed by atoms with van der Waals surface area (Å²) in [5, 5.41) is 18.0. The Kier molecular flexibility index (Phi) is 6.89. The quantitative estimate of drug-likeness (QED) is 0.650. The Hall–Kier alpha value is -1.95. The van der Waals surface area contributed by atoms with Gasteiger partial charge in [-0.15, -0.1) is 0 Å². The minimum Gasteiger partial charge on any atom is -0.392 e. The summed E-state index contributed by atoms with van der Waals surface area (Å²) in [7, 11) is 0. The molecule has 1 aromatic rings. The Bertz CT molecular complexity index is 810. The monoisotopic (exact) mass is 441 g/mol. The summed E-state index contributed by atoms with van der Waals surface area (Å²) in [6, 6.07) is 3.77. The Labute approximate surface area is 192 Å². The van der Waals surface area contributed by atoms with Crippen molar-refractivity contribution in [2.24, 2.45) is 29.1 Å². The fourth-order valence-corrected chi connectivity index (χ4v) is 6.85. The van der Waals surface area contributed by atoms with E-state index in [0.717, 1.165) is 38.5 Å². The van der Waals surface area contributed by atoms with Gasteiger partial charge in [-0.1, -0.05) is 33.6 Å². The van der Waals surface area contributed by atoms with Gasteiger partial charge in [0.05, 0.1) is 6.10 Å². The highest BCUT2D eigenvalue weighted by atomic mass is 16.3. The lowest BCUT2D eigenvalue weighted by atomic mass is 9.51. The second-order valence-electron chi connectivity index (χ2n) is 10.9. The fourth-order valence-electron chi connectivity index (χ4n) is 6.85. The van der Waals surface area contributed by atoms with Crippen LogP contribution in [0.15, 0.2) is 24.5 Å². The topological polar surface area (TPSA) is 91.3 Å². The van der Waals surface area contributed by atoms with Crippen LogP contribution < -0.4 is 10.6 Å². The van der Waals surface area contributed by atoms with Gasteiger partial charge in [-0.3, -0.25) is 14.6 Å². The third-order valence-electron chi connectivity index (χ3n) is 8.90. The zero-order chi connectivity index (χ0) is 22.9. The van der Waals surface area contributed by atoms with E-state index < -0.39 is 6.10 Å². The average Bonchev–Trinajstić information content (AvgIpc) is 3.29. The number of nitrogens with one attached hydrogen (secondary N) is 2. The van der Waals surface area contributed by atoms with E-state index in [4.69, 9.17) is 0 Å². The van der Waals surface area contributed by atoms with Gasteiger partial charge in [0, 0.05) is 36.0 Å². The fraction of sp³-hybridized carbons (Fsp3) is 0.731. The zero-order valence-electron chi connectivity index (χ0n) is 19.7. The maximum Gasteiger partial charge on any atom is 0.251 e. The number of rotatable bonds is 5. The van der Waals surface area contributed by atoms with E-state index in [1.807, 2.05) is 6.92 Å². The van der Waals surface area contributed by atoms with Gasteiger partial charge in [-0.05, 0) is 73.8 Å². The minimum atomic E-state index is -0.534. The van der Waals surface area contributed by atoms with E-state index in [1.54, 1.807) is 24.5 Å². The molecular weight excluding hydrogens is 402 g/mol. The standard InChI is InChI=1S/C26H39N3O3/c1-16(24(31)28-19-6-4-5-7-19)20-8-12-26(3)13-9-21(17(2)22(26)23(20)30)29-25(32)18-10-14-27-15-11-18/h10-11,14-17,19-23,30H,4-9,12-13H2,1-3H3,(H,28,31)(H,29,32)/t16-,17+,20+,21-,22+,23-,26-/m0/s1. The highest BCUT2D eigenvalue weighted by Gasteiger charge is 2.54. The number of nitrogens with zero attached hydrogens (tertiary/aromatic N) is 1. The van der Waals surface area contributed by atoms with E-state index in [-0.39, 0.29) is 46.9 Å². The van der Waals surface area contributed by atoms with Crippen LogP contribution in [-0.2, 0) is 4.79 Å². The van der Waals surface area contributed by atoms with Crippen LogP contribution in [-0.4, -0.2) is 40.1 Å². The Balaban J connectivity index is 1.44. The largest absolute Gasteiger partial charge is 0.392 e. The molecule has 32 heavy (non-hydrogen) atoms. The first kappa shape index (κ1) is 23.2. The summed E-state index contributed by atoms with van der Waals surface area (Å²) in [4.78, 5) is 29.7. The molecule has 1 heterocycles. The molecule has 0 radical (unpaired) electrons. The number of hydrogen-bond donors (Lipinski definition) is 3. The molecule has 0 unspecified atom stereocenters. The Morgan fingerprint density at radius 1 is 1.09 bits per heavy atom. The summed E-state index contributed by atoms with van der Waals surface area (Å²) < 4.78 is 0. The van der Waals surface area contributed by atoms with Crippen LogP contribution in [0.4, 0.5) is 0 Å². The van der Waals surface area contributed by atoms with Crippen molar-refractivity contribution >= 4 is 11.8 Å². The maximum absolute atomic E-state index is 12.9. The highest BCUT2D eigenvalue weighted by molar-refractivity contribution is 5.94. The molecule has 3 saturated carbocycles. The number of fused-ring (bicyclic) bond motifs is 1. The first-order valence-electron chi connectivity index (χ1n) is 12.5. The van der Waals surface area contributed by atoms with E-state index in [2.05, 4.69) is 29.5 Å². The van der Waals surface area contributed by atoms with Gasteiger partial charge in [-0.2, -0.15) is 0 Å². The van der Waals surface area contributed by atoms with E-state index in [0.29, 0.717) is 11.6 Å². The van der Waals surface area contributed by atoms with Crippen LogP contribution in [0.2, 0.25) is 0 Å². The molecule has 0 aromatic carbocycles. The molecule has 3 aliphatic carbocycles. The molecule has 3 fully saturated rings. The summed E-state index contributed by atoms with van der Waals surface area (Å²) in [6.45, 7) is 6.43. The zero-order valence-corrected chi connectivity index (χ0v) is 19.7. The van der Waals surface area contributed by atoms with Crippen LogP contribution in [0.5, 0.6) is 0 Å². The molecule has 0 saturated heterocycles. The molecule has 4 rings (SSSR count). The van der Waals surface area contributed by atoms with Crippen molar-refractivity contribution in [2.45, 2.75) is 90.3 Å².